The van der Waals surface area contributed by atoms with Gasteiger partial charge in [-0.15, -0.1) is 0 Å². The van der Waals surface area contributed by atoms with Gasteiger partial charge in [0, 0.05) is 25.2 Å². The minimum Gasteiger partial charge on any atom is -0.484 e. The summed E-state index contributed by atoms with van der Waals surface area (Å²) in [4.78, 5) is 13.2. The van der Waals surface area contributed by atoms with Crippen molar-refractivity contribution < 1.29 is 28.2 Å². The molecule has 4 rings (SSSR count). The molecule has 1 aliphatic rings. The average Bonchev–Trinajstić information content (AvgIpc) is 3.15. The lowest BCUT2D eigenvalue weighted by Gasteiger charge is -2.37. The number of hydrogen-bond acceptors (Lipinski definition) is 7. The molecule has 3 aromatic rings. The van der Waals surface area contributed by atoms with Crippen molar-refractivity contribution in [2.75, 3.05) is 13.9 Å². The van der Waals surface area contributed by atoms with Crippen molar-refractivity contribution in [2.45, 2.75) is 32.0 Å². The number of hydrogen-bond donors (Lipinski definition) is 1. The number of benzene rings is 1. The predicted octanol–water partition coefficient (Wildman–Crippen LogP) is 3.11. The SMILES string of the molecule is COCOc1cc2occ(-c3ccco3)c(=O)c2c2c1CC(O)C(C)(C)O2. The molecule has 0 spiro atoms. The molecule has 1 unspecified atom stereocenters. The Morgan fingerprint density at radius 1 is 1.33 bits per heavy atom. The molecule has 0 saturated heterocycles. The van der Waals surface area contributed by atoms with Crippen molar-refractivity contribution in [1.29, 1.82) is 0 Å². The first kappa shape index (κ1) is 17.6. The summed E-state index contributed by atoms with van der Waals surface area (Å²) in [5, 5.41) is 10.7. The molecule has 0 amide bonds. The molecule has 1 atom stereocenters. The molecule has 1 N–H and O–H groups in total. The normalized spacial score (nSPS) is 18.1. The van der Waals surface area contributed by atoms with Crippen LogP contribution in [0.4, 0.5) is 0 Å². The van der Waals surface area contributed by atoms with E-state index in [-0.39, 0.29) is 18.6 Å². The van der Waals surface area contributed by atoms with Gasteiger partial charge < -0.3 is 28.2 Å². The van der Waals surface area contributed by atoms with E-state index in [1.54, 1.807) is 32.0 Å². The van der Waals surface area contributed by atoms with Crippen LogP contribution >= 0.6 is 0 Å². The van der Waals surface area contributed by atoms with Crippen molar-refractivity contribution in [3.63, 3.8) is 0 Å². The van der Waals surface area contributed by atoms with Crippen molar-refractivity contribution in [3.05, 3.63) is 46.5 Å². The Kier molecular flexibility index (Phi) is 4.20. The molecule has 7 heteroatoms. The maximum atomic E-state index is 13.2. The summed E-state index contributed by atoms with van der Waals surface area (Å²) in [6.45, 7) is 3.56. The molecule has 1 aliphatic heterocycles. The van der Waals surface area contributed by atoms with E-state index >= 15 is 0 Å². The van der Waals surface area contributed by atoms with Gasteiger partial charge in [0.2, 0.25) is 5.43 Å². The molecule has 3 heterocycles. The Hall–Kier alpha value is -2.77. The van der Waals surface area contributed by atoms with Crippen LogP contribution < -0.4 is 14.9 Å². The van der Waals surface area contributed by atoms with E-state index in [0.29, 0.717) is 39.4 Å². The highest BCUT2D eigenvalue weighted by Gasteiger charge is 2.39. The van der Waals surface area contributed by atoms with Gasteiger partial charge in [-0.1, -0.05) is 0 Å². The highest BCUT2D eigenvalue weighted by Crippen LogP contribution is 2.43. The van der Waals surface area contributed by atoms with Gasteiger partial charge in [-0.25, -0.2) is 0 Å². The summed E-state index contributed by atoms with van der Waals surface area (Å²) in [7, 11) is 1.51. The molecule has 142 valence electrons. The topological polar surface area (TPSA) is 91.3 Å². The van der Waals surface area contributed by atoms with E-state index in [9.17, 15) is 9.90 Å². The molecule has 0 aliphatic carbocycles. The van der Waals surface area contributed by atoms with Gasteiger partial charge in [0.1, 0.15) is 45.7 Å². The van der Waals surface area contributed by atoms with Crippen molar-refractivity contribution in [2.24, 2.45) is 0 Å². The summed E-state index contributed by atoms with van der Waals surface area (Å²) in [6.07, 6.45) is 2.37. The van der Waals surface area contributed by atoms with Crippen LogP contribution in [0, 0.1) is 0 Å². The number of methoxy groups -OCH3 is 1. The zero-order valence-corrected chi connectivity index (χ0v) is 15.3. The van der Waals surface area contributed by atoms with Gasteiger partial charge in [-0.3, -0.25) is 4.79 Å². The number of rotatable bonds is 4. The van der Waals surface area contributed by atoms with Gasteiger partial charge in [0.05, 0.1) is 12.4 Å². The first-order valence-corrected chi connectivity index (χ1v) is 8.56. The first-order chi connectivity index (χ1) is 12.9. The number of ether oxygens (including phenoxy) is 3. The third-order valence-electron chi connectivity index (χ3n) is 4.77. The summed E-state index contributed by atoms with van der Waals surface area (Å²) < 4.78 is 27.7. The van der Waals surface area contributed by atoms with Gasteiger partial charge >= 0.3 is 0 Å². The highest BCUT2D eigenvalue weighted by atomic mass is 16.7. The smallest absolute Gasteiger partial charge is 0.207 e. The standard InChI is InChI=1S/C20H20O7/c1-20(2)16(21)7-11-14(26-10-23-3)8-15-17(19(11)27-20)18(22)12(9-25-15)13-5-4-6-24-13/h4-6,8-9,16,21H,7,10H2,1-3H3. The molecule has 0 radical (unpaired) electrons. The minimum absolute atomic E-state index is 0.0200. The monoisotopic (exact) mass is 372 g/mol. The second-order valence-corrected chi connectivity index (χ2v) is 6.99. The maximum Gasteiger partial charge on any atom is 0.207 e. The molecule has 0 saturated carbocycles. The number of aliphatic hydroxyl groups is 1. The fraction of sp³-hybridized carbons (Fsp3) is 0.350. The molecular weight excluding hydrogens is 352 g/mol. The zero-order chi connectivity index (χ0) is 19.2. The summed E-state index contributed by atoms with van der Waals surface area (Å²) in [6, 6.07) is 5.01. The van der Waals surface area contributed by atoms with Crippen LogP contribution in [0.1, 0.15) is 19.4 Å². The van der Waals surface area contributed by atoms with Crippen molar-refractivity contribution >= 4 is 11.0 Å². The Morgan fingerprint density at radius 3 is 2.85 bits per heavy atom. The highest BCUT2D eigenvalue weighted by molar-refractivity contribution is 5.90. The molecular formula is C20H20O7. The fourth-order valence-corrected chi connectivity index (χ4v) is 3.20. The van der Waals surface area contributed by atoms with Gasteiger partial charge in [0.25, 0.3) is 0 Å². The van der Waals surface area contributed by atoms with Gasteiger partial charge in [-0.05, 0) is 26.0 Å². The van der Waals surface area contributed by atoms with Crippen LogP contribution in [0.3, 0.4) is 0 Å². The minimum atomic E-state index is -0.868. The Labute approximate surface area is 155 Å². The van der Waals surface area contributed by atoms with Crippen LogP contribution in [0.25, 0.3) is 22.3 Å². The lowest BCUT2D eigenvalue weighted by atomic mass is 9.89. The quantitative estimate of drug-likeness (QED) is 0.704. The van der Waals surface area contributed by atoms with Crippen molar-refractivity contribution in [3.8, 4) is 22.8 Å². The molecule has 0 fully saturated rings. The number of aliphatic hydroxyl groups excluding tert-OH is 1. The maximum absolute atomic E-state index is 13.2. The largest absolute Gasteiger partial charge is 0.484 e. The van der Waals surface area contributed by atoms with E-state index in [0.717, 1.165) is 0 Å². The van der Waals surface area contributed by atoms with Crippen molar-refractivity contribution in [1.82, 2.24) is 0 Å². The Morgan fingerprint density at radius 2 is 2.15 bits per heavy atom. The van der Waals surface area contributed by atoms with E-state index < -0.39 is 11.7 Å². The lowest BCUT2D eigenvalue weighted by Crippen LogP contribution is -2.46. The van der Waals surface area contributed by atoms with Crippen LogP contribution in [-0.2, 0) is 11.2 Å². The molecule has 0 bridgehead atoms. The Bertz CT molecular complexity index is 1030. The predicted molar refractivity (Wildman–Crippen MR) is 97.1 cm³/mol. The number of furan rings is 1. The van der Waals surface area contributed by atoms with E-state index in [4.69, 9.17) is 23.0 Å². The molecule has 2 aromatic heterocycles. The van der Waals surface area contributed by atoms with Crippen LogP contribution in [0.15, 0.2) is 44.4 Å². The summed E-state index contributed by atoms with van der Waals surface area (Å²) >= 11 is 0. The van der Waals surface area contributed by atoms with E-state index in [1.165, 1.54) is 19.6 Å². The fourth-order valence-electron chi connectivity index (χ4n) is 3.20. The molecule has 27 heavy (non-hydrogen) atoms. The van der Waals surface area contributed by atoms with E-state index in [2.05, 4.69) is 0 Å². The van der Waals surface area contributed by atoms with E-state index in [1.807, 2.05) is 0 Å². The van der Waals surface area contributed by atoms with Gasteiger partial charge in [-0.2, -0.15) is 0 Å². The number of fused-ring (bicyclic) bond motifs is 3. The third-order valence-corrected chi connectivity index (χ3v) is 4.77. The summed E-state index contributed by atoms with van der Waals surface area (Å²) in [5.41, 5.74) is 0.0933. The average molecular weight is 372 g/mol. The summed E-state index contributed by atoms with van der Waals surface area (Å²) in [5.74, 6) is 1.22. The molecule has 7 nitrogen and oxygen atoms in total. The van der Waals surface area contributed by atoms with Crippen LogP contribution in [0.5, 0.6) is 11.5 Å². The lowest BCUT2D eigenvalue weighted by molar-refractivity contribution is -0.0415. The Balaban J connectivity index is 2.00. The third kappa shape index (κ3) is 2.89. The second kappa shape index (κ2) is 6.44. The van der Waals surface area contributed by atoms with Crippen LogP contribution in [0.2, 0.25) is 0 Å². The molecule has 1 aromatic carbocycles. The van der Waals surface area contributed by atoms with Gasteiger partial charge in [0.15, 0.2) is 6.79 Å². The van der Waals surface area contributed by atoms with Crippen LogP contribution in [-0.4, -0.2) is 30.7 Å². The zero-order valence-electron chi connectivity index (χ0n) is 15.3. The second-order valence-electron chi connectivity index (χ2n) is 6.99. The first-order valence-electron chi connectivity index (χ1n) is 8.56.